The number of pyridine rings is 1. The van der Waals surface area contributed by atoms with Gasteiger partial charge in [0, 0.05) is 11.1 Å². The van der Waals surface area contributed by atoms with Crippen LogP contribution in [0.5, 0.6) is 0 Å². The first kappa shape index (κ1) is 9.04. The van der Waals surface area contributed by atoms with E-state index in [-0.39, 0.29) is 5.41 Å². The third-order valence-electron chi connectivity index (χ3n) is 1.76. The summed E-state index contributed by atoms with van der Waals surface area (Å²) in [7, 11) is 0. The number of hydrogen-bond donors (Lipinski definition) is 1. The van der Waals surface area contributed by atoms with Gasteiger partial charge in [0.2, 0.25) is 0 Å². The number of nitrogens with two attached hydrogens (primary N) is 1. The molecule has 12 heavy (non-hydrogen) atoms. The zero-order chi connectivity index (χ0) is 9.35. The molecule has 66 valence electrons. The number of anilines is 1. The van der Waals surface area contributed by atoms with E-state index in [9.17, 15) is 0 Å². The fourth-order valence-corrected chi connectivity index (χ4v) is 1.08. The van der Waals surface area contributed by atoms with Crippen LogP contribution in [0.3, 0.4) is 0 Å². The highest BCUT2D eigenvalue weighted by molar-refractivity contribution is 5.36. The Morgan fingerprint density at radius 2 is 1.83 bits per heavy atom. The molecular formula is C10H16N2. The normalized spacial score (nSPS) is 11.7. The average Bonchev–Trinajstić information content (AvgIpc) is 1.82. The van der Waals surface area contributed by atoms with Gasteiger partial charge in [-0.05, 0) is 24.6 Å². The van der Waals surface area contributed by atoms with Crippen molar-refractivity contribution in [3.63, 3.8) is 0 Å². The number of hydrogen-bond acceptors (Lipinski definition) is 2. The van der Waals surface area contributed by atoms with E-state index in [1.54, 1.807) is 0 Å². The Labute approximate surface area is 73.8 Å². The van der Waals surface area contributed by atoms with Crippen molar-refractivity contribution in [3.05, 3.63) is 23.4 Å². The highest BCUT2D eigenvalue weighted by Gasteiger charge is 2.15. The minimum atomic E-state index is 0.0835. The van der Waals surface area contributed by atoms with Crippen molar-refractivity contribution in [1.82, 2.24) is 4.98 Å². The van der Waals surface area contributed by atoms with Crippen molar-refractivity contribution in [3.8, 4) is 0 Å². The van der Waals surface area contributed by atoms with E-state index >= 15 is 0 Å². The van der Waals surface area contributed by atoms with Gasteiger partial charge in [-0.3, -0.25) is 0 Å². The summed E-state index contributed by atoms with van der Waals surface area (Å²) < 4.78 is 0. The topological polar surface area (TPSA) is 38.9 Å². The lowest BCUT2D eigenvalue weighted by Gasteiger charge is -2.18. The van der Waals surface area contributed by atoms with Crippen LogP contribution in [0, 0.1) is 6.92 Å². The van der Waals surface area contributed by atoms with Gasteiger partial charge in [0.25, 0.3) is 0 Å². The Balaban J connectivity index is 3.18. The van der Waals surface area contributed by atoms with E-state index in [0.29, 0.717) is 5.82 Å². The van der Waals surface area contributed by atoms with Gasteiger partial charge in [0.1, 0.15) is 5.82 Å². The zero-order valence-corrected chi connectivity index (χ0v) is 8.18. The Morgan fingerprint density at radius 1 is 1.25 bits per heavy atom. The second-order valence-electron chi connectivity index (χ2n) is 4.20. The average molecular weight is 164 g/mol. The summed E-state index contributed by atoms with van der Waals surface area (Å²) in [6, 6.07) is 3.96. The van der Waals surface area contributed by atoms with Crippen LogP contribution >= 0.6 is 0 Å². The lowest BCUT2D eigenvalue weighted by atomic mass is 9.91. The standard InChI is InChI=1S/C10H16N2/c1-7-5-8(10(2,3)4)12-9(11)6-7/h5-6H,1-4H3,(H2,11,12). The molecule has 2 N–H and O–H groups in total. The van der Waals surface area contributed by atoms with Gasteiger partial charge in [-0.1, -0.05) is 20.8 Å². The Kier molecular flexibility index (Phi) is 2.09. The van der Waals surface area contributed by atoms with E-state index < -0.39 is 0 Å². The molecule has 0 bridgehead atoms. The Bertz CT molecular complexity index is 264. The SMILES string of the molecule is Cc1cc(N)nc(C(C)(C)C)c1. The maximum absolute atomic E-state index is 5.64. The van der Waals surface area contributed by atoms with Crippen LogP contribution < -0.4 is 5.73 Å². The maximum Gasteiger partial charge on any atom is 0.123 e. The molecule has 2 heteroatoms. The highest BCUT2D eigenvalue weighted by Crippen LogP contribution is 2.21. The van der Waals surface area contributed by atoms with Crippen molar-refractivity contribution in [1.29, 1.82) is 0 Å². The van der Waals surface area contributed by atoms with E-state index in [1.165, 1.54) is 5.56 Å². The van der Waals surface area contributed by atoms with Gasteiger partial charge >= 0.3 is 0 Å². The molecule has 0 saturated heterocycles. The van der Waals surface area contributed by atoms with Crippen molar-refractivity contribution in [2.24, 2.45) is 0 Å². The molecule has 0 unspecified atom stereocenters. The first-order valence-electron chi connectivity index (χ1n) is 4.14. The quantitative estimate of drug-likeness (QED) is 0.638. The summed E-state index contributed by atoms with van der Waals surface area (Å²) in [4.78, 5) is 4.28. The molecule has 1 aromatic heterocycles. The van der Waals surface area contributed by atoms with Crippen molar-refractivity contribution >= 4 is 5.82 Å². The molecule has 1 rings (SSSR count). The summed E-state index contributed by atoms with van der Waals surface area (Å²) >= 11 is 0. The zero-order valence-electron chi connectivity index (χ0n) is 8.18. The van der Waals surface area contributed by atoms with Crippen LogP contribution in [0.2, 0.25) is 0 Å². The van der Waals surface area contributed by atoms with E-state index in [1.807, 2.05) is 13.0 Å². The lowest BCUT2D eigenvalue weighted by molar-refractivity contribution is 0.569. The second-order valence-corrected chi connectivity index (χ2v) is 4.20. The molecular weight excluding hydrogens is 148 g/mol. The monoisotopic (exact) mass is 164 g/mol. The number of nitrogen functional groups attached to an aromatic ring is 1. The molecule has 0 fully saturated rings. The third kappa shape index (κ3) is 1.97. The predicted molar refractivity (Wildman–Crippen MR) is 52.1 cm³/mol. The maximum atomic E-state index is 5.64. The number of aromatic nitrogens is 1. The highest BCUT2D eigenvalue weighted by atomic mass is 14.8. The van der Waals surface area contributed by atoms with Gasteiger partial charge in [0.05, 0.1) is 0 Å². The summed E-state index contributed by atoms with van der Waals surface area (Å²) in [5.74, 6) is 0.611. The molecule has 1 aromatic rings. The number of rotatable bonds is 0. The van der Waals surface area contributed by atoms with E-state index in [2.05, 4.69) is 31.8 Å². The van der Waals surface area contributed by atoms with Crippen molar-refractivity contribution < 1.29 is 0 Å². The Morgan fingerprint density at radius 3 is 2.25 bits per heavy atom. The van der Waals surface area contributed by atoms with Gasteiger partial charge in [-0.25, -0.2) is 4.98 Å². The molecule has 0 radical (unpaired) electrons. The fourth-order valence-electron chi connectivity index (χ4n) is 1.08. The van der Waals surface area contributed by atoms with Crippen molar-refractivity contribution in [2.45, 2.75) is 33.1 Å². The molecule has 0 atom stereocenters. The van der Waals surface area contributed by atoms with E-state index in [0.717, 1.165) is 5.69 Å². The van der Waals surface area contributed by atoms with Crippen molar-refractivity contribution in [2.75, 3.05) is 5.73 Å². The molecule has 0 spiro atoms. The lowest BCUT2D eigenvalue weighted by Crippen LogP contribution is -2.14. The van der Waals surface area contributed by atoms with Gasteiger partial charge in [-0.2, -0.15) is 0 Å². The first-order valence-corrected chi connectivity index (χ1v) is 4.14. The third-order valence-corrected chi connectivity index (χ3v) is 1.76. The molecule has 0 aliphatic heterocycles. The van der Waals surface area contributed by atoms with Crippen LogP contribution in [0.15, 0.2) is 12.1 Å². The fraction of sp³-hybridized carbons (Fsp3) is 0.500. The summed E-state index contributed by atoms with van der Waals surface area (Å²) in [6.45, 7) is 8.43. The van der Waals surface area contributed by atoms with Gasteiger partial charge in [0.15, 0.2) is 0 Å². The van der Waals surface area contributed by atoms with Crippen LogP contribution in [0.1, 0.15) is 32.0 Å². The summed E-state index contributed by atoms with van der Waals surface area (Å²) in [5.41, 5.74) is 7.96. The Hall–Kier alpha value is -1.05. The molecule has 0 aliphatic carbocycles. The summed E-state index contributed by atoms with van der Waals surface area (Å²) in [5, 5.41) is 0. The number of aryl methyl sites for hydroxylation is 1. The van der Waals surface area contributed by atoms with Crippen LogP contribution in [0.25, 0.3) is 0 Å². The molecule has 2 nitrogen and oxygen atoms in total. The molecule has 0 amide bonds. The van der Waals surface area contributed by atoms with Crippen LogP contribution in [-0.4, -0.2) is 4.98 Å². The van der Waals surface area contributed by atoms with Gasteiger partial charge in [-0.15, -0.1) is 0 Å². The molecule has 0 aliphatic rings. The summed E-state index contributed by atoms with van der Waals surface area (Å²) in [6.07, 6.45) is 0. The van der Waals surface area contributed by atoms with Gasteiger partial charge < -0.3 is 5.73 Å². The largest absolute Gasteiger partial charge is 0.384 e. The molecule has 0 saturated carbocycles. The second kappa shape index (κ2) is 2.77. The minimum Gasteiger partial charge on any atom is -0.384 e. The first-order chi connectivity index (χ1) is 5.39. The molecule has 0 aromatic carbocycles. The molecule has 1 heterocycles. The number of nitrogens with zero attached hydrogens (tertiary/aromatic N) is 1. The smallest absolute Gasteiger partial charge is 0.123 e. The van der Waals surface area contributed by atoms with E-state index in [4.69, 9.17) is 5.73 Å². The van der Waals surface area contributed by atoms with Crippen LogP contribution in [-0.2, 0) is 5.41 Å². The van der Waals surface area contributed by atoms with Crippen LogP contribution in [0.4, 0.5) is 5.82 Å². The minimum absolute atomic E-state index is 0.0835. The predicted octanol–water partition coefficient (Wildman–Crippen LogP) is 2.27.